The highest BCUT2D eigenvalue weighted by atomic mass is 16.5. The van der Waals surface area contributed by atoms with Gasteiger partial charge >= 0.3 is 0 Å². The van der Waals surface area contributed by atoms with Crippen LogP contribution in [0.15, 0.2) is 60.9 Å². The van der Waals surface area contributed by atoms with Gasteiger partial charge in [-0.1, -0.05) is 18.2 Å². The van der Waals surface area contributed by atoms with Gasteiger partial charge in [-0.2, -0.15) is 0 Å². The number of aryl methyl sites for hydroxylation is 1. The van der Waals surface area contributed by atoms with E-state index in [4.69, 9.17) is 4.74 Å². The first-order valence-electron chi connectivity index (χ1n) is 7.79. The fourth-order valence-corrected chi connectivity index (χ4v) is 2.61. The van der Waals surface area contributed by atoms with E-state index >= 15 is 0 Å². The zero-order valence-corrected chi connectivity index (χ0v) is 14.0. The molecule has 3 aromatic rings. The zero-order chi connectivity index (χ0) is 17.8. The lowest BCUT2D eigenvalue weighted by atomic mass is 10.0. The topological polar surface area (TPSA) is 76.4 Å². The number of amides is 1. The van der Waals surface area contributed by atoms with E-state index in [2.05, 4.69) is 10.3 Å². The molecular formula is C19H19N3O3. The first-order valence-corrected chi connectivity index (χ1v) is 7.79. The summed E-state index contributed by atoms with van der Waals surface area (Å²) >= 11 is 0. The van der Waals surface area contributed by atoms with E-state index in [1.807, 2.05) is 42.1 Å². The van der Waals surface area contributed by atoms with Crippen LogP contribution in [0.1, 0.15) is 27.8 Å². The Bertz CT molecular complexity index is 872. The van der Waals surface area contributed by atoms with E-state index in [-0.39, 0.29) is 11.7 Å². The third kappa shape index (κ3) is 3.63. The van der Waals surface area contributed by atoms with Gasteiger partial charge in [0.15, 0.2) is 0 Å². The zero-order valence-electron chi connectivity index (χ0n) is 14.0. The van der Waals surface area contributed by atoms with Gasteiger partial charge in [0, 0.05) is 25.0 Å². The number of imidazole rings is 1. The van der Waals surface area contributed by atoms with Crippen LogP contribution >= 0.6 is 0 Å². The third-order valence-corrected chi connectivity index (χ3v) is 3.95. The lowest BCUT2D eigenvalue weighted by Gasteiger charge is -2.19. The number of ether oxygens (including phenoxy) is 1. The van der Waals surface area contributed by atoms with Crippen molar-refractivity contribution >= 4 is 5.91 Å². The summed E-state index contributed by atoms with van der Waals surface area (Å²) < 4.78 is 7.05. The summed E-state index contributed by atoms with van der Waals surface area (Å²) in [7, 11) is 3.48. The number of rotatable bonds is 5. The Hall–Kier alpha value is -3.28. The van der Waals surface area contributed by atoms with Gasteiger partial charge in [0.05, 0.1) is 7.11 Å². The summed E-state index contributed by atoms with van der Waals surface area (Å²) in [4.78, 5) is 17.0. The van der Waals surface area contributed by atoms with E-state index in [0.717, 1.165) is 11.3 Å². The molecule has 6 nitrogen and oxygen atoms in total. The average Bonchev–Trinajstić information content (AvgIpc) is 3.05. The minimum Gasteiger partial charge on any atom is -0.508 e. The number of benzene rings is 2. The molecule has 0 aliphatic rings. The van der Waals surface area contributed by atoms with Crippen molar-refractivity contribution in [2.45, 2.75) is 6.04 Å². The number of carbonyl (C=O) groups is 1. The van der Waals surface area contributed by atoms with Crippen molar-refractivity contribution in [3.05, 3.63) is 77.9 Å². The van der Waals surface area contributed by atoms with Gasteiger partial charge < -0.3 is 19.7 Å². The molecule has 0 radical (unpaired) electrons. The SMILES string of the molecule is COc1ccc(C(NC(=O)c2cccc(O)c2)c2nccn2C)cc1. The molecule has 1 unspecified atom stereocenters. The second-order valence-electron chi connectivity index (χ2n) is 5.63. The summed E-state index contributed by atoms with van der Waals surface area (Å²) in [5, 5.41) is 12.6. The predicted molar refractivity (Wildman–Crippen MR) is 93.6 cm³/mol. The van der Waals surface area contributed by atoms with E-state index < -0.39 is 6.04 Å². The van der Waals surface area contributed by atoms with E-state index in [1.54, 1.807) is 25.4 Å². The lowest BCUT2D eigenvalue weighted by molar-refractivity contribution is 0.0940. The van der Waals surface area contributed by atoms with Crippen LogP contribution < -0.4 is 10.1 Å². The molecular weight excluding hydrogens is 318 g/mol. The number of phenolic OH excluding ortho intramolecular Hbond substituents is 1. The minimum atomic E-state index is -0.430. The molecule has 3 rings (SSSR count). The number of methoxy groups -OCH3 is 1. The van der Waals surface area contributed by atoms with Crippen molar-refractivity contribution < 1.29 is 14.6 Å². The molecule has 1 atom stereocenters. The van der Waals surface area contributed by atoms with E-state index in [1.165, 1.54) is 12.1 Å². The summed E-state index contributed by atoms with van der Waals surface area (Å²) in [6.07, 6.45) is 3.51. The first-order chi connectivity index (χ1) is 12.1. The molecule has 6 heteroatoms. The number of hydrogen-bond donors (Lipinski definition) is 2. The number of aromatic hydroxyl groups is 1. The number of nitrogens with one attached hydrogen (secondary N) is 1. The van der Waals surface area contributed by atoms with Crippen molar-refractivity contribution in [1.82, 2.24) is 14.9 Å². The Labute approximate surface area is 145 Å². The molecule has 1 amide bonds. The van der Waals surface area contributed by atoms with Crippen LogP contribution in [-0.2, 0) is 7.05 Å². The molecule has 2 aromatic carbocycles. The van der Waals surface area contributed by atoms with Crippen LogP contribution in [0.5, 0.6) is 11.5 Å². The standard InChI is InChI=1S/C19H19N3O3/c1-22-11-10-20-18(22)17(13-6-8-16(25-2)9-7-13)21-19(24)14-4-3-5-15(23)12-14/h3-12,17,23H,1-2H3,(H,21,24). The fourth-order valence-electron chi connectivity index (χ4n) is 2.61. The summed E-state index contributed by atoms with van der Waals surface area (Å²) in [6.45, 7) is 0. The molecule has 1 heterocycles. The van der Waals surface area contributed by atoms with Crippen LogP contribution in [0.25, 0.3) is 0 Å². The highest BCUT2D eigenvalue weighted by molar-refractivity contribution is 5.95. The third-order valence-electron chi connectivity index (χ3n) is 3.95. The van der Waals surface area contributed by atoms with Gasteiger partial charge in [0.1, 0.15) is 23.4 Å². The monoisotopic (exact) mass is 337 g/mol. The maximum absolute atomic E-state index is 12.6. The Morgan fingerprint density at radius 2 is 2.00 bits per heavy atom. The van der Waals surface area contributed by atoms with Crippen LogP contribution in [0.2, 0.25) is 0 Å². The normalized spacial score (nSPS) is 11.8. The van der Waals surface area contributed by atoms with Gasteiger partial charge in [-0.25, -0.2) is 4.98 Å². The number of carbonyl (C=O) groups excluding carboxylic acids is 1. The molecule has 0 aliphatic carbocycles. The molecule has 0 spiro atoms. The largest absolute Gasteiger partial charge is 0.508 e. The molecule has 0 aliphatic heterocycles. The number of aromatic nitrogens is 2. The fraction of sp³-hybridized carbons (Fsp3) is 0.158. The van der Waals surface area contributed by atoms with Crippen LogP contribution in [-0.4, -0.2) is 27.7 Å². The van der Waals surface area contributed by atoms with Gasteiger partial charge in [-0.15, -0.1) is 0 Å². The number of phenols is 1. The minimum absolute atomic E-state index is 0.0469. The second-order valence-corrected chi connectivity index (χ2v) is 5.63. The predicted octanol–water partition coefficient (Wildman–Crippen LogP) is 2.65. The van der Waals surface area contributed by atoms with Crippen molar-refractivity contribution in [2.24, 2.45) is 7.05 Å². The van der Waals surface area contributed by atoms with Crippen molar-refractivity contribution in [3.8, 4) is 11.5 Å². The molecule has 0 saturated heterocycles. The highest BCUT2D eigenvalue weighted by Gasteiger charge is 2.21. The van der Waals surface area contributed by atoms with E-state index in [0.29, 0.717) is 11.4 Å². The van der Waals surface area contributed by atoms with Crippen molar-refractivity contribution in [2.75, 3.05) is 7.11 Å². The summed E-state index contributed by atoms with van der Waals surface area (Å²) in [5.41, 5.74) is 1.26. The van der Waals surface area contributed by atoms with Gasteiger partial charge in [-0.3, -0.25) is 4.79 Å². The molecule has 0 saturated carbocycles. The molecule has 0 bridgehead atoms. The Kier molecular flexibility index (Phi) is 4.70. The lowest BCUT2D eigenvalue weighted by Crippen LogP contribution is -2.31. The van der Waals surface area contributed by atoms with Gasteiger partial charge in [0.2, 0.25) is 0 Å². The highest BCUT2D eigenvalue weighted by Crippen LogP contribution is 2.24. The second kappa shape index (κ2) is 7.09. The van der Waals surface area contributed by atoms with Gasteiger partial charge in [0.25, 0.3) is 5.91 Å². The van der Waals surface area contributed by atoms with Crippen molar-refractivity contribution in [3.63, 3.8) is 0 Å². The Morgan fingerprint density at radius 3 is 2.60 bits per heavy atom. The van der Waals surface area contributed by atoms with E-state index in [9.17, 15) is 9.90 Å². The quantitative estimate of drug-likeness (QED) is 0.750. The average molecular weight is 337 g/mol. The smallest absolute Gasteiger partial charge is 0.252 e. The molecule has 1 aromatic heterocycles. The van der Waals surface area contributed by atoms with Crippen molar-refractivity contribution in [1.29, 1.82) is 0 Å². The maximum atomic E-state index is 12.6. The van der Waals surface area contributed by atoms with Crippen LogP contribution in [0.3, 0.4) is 0 Å². The summed E-state index contributed by atoms with van der Waals surface area (Å²) in [5.74, 6) is 1.20. The van der Waals surface area contributed by atoms with Crippen LogP contribution in [0, 0.1) is 0 Å². The molecule has 128 valence electrons. The van der Waals surface area contributed by atoms with Crippen LogP contribution in [0.4, 0.5) is 0 Å². The Morgan fingerprint density at radius 1 is 1.24 bits per heavy atom. The maximum Gasteiger partial charge on any atom is 0.252 e. The number of hydrogen-bond acceptors (Lipinski definition) is 4. The Balaban J connectivity index is 1.94. The molecule has 25 heavy (non-hydrogen) atoms. The first kappa shape index (κ1) is 16.6. The molecule has 2 N–H and O–H groups in total. The molecule has 0 fully saturated rings. The summed E-state index contributed by atoms with van der Waals surface area (Å²) in [6, 6.07) is 13.3. The number of nitrogens with zero attached hydrogens (tertiary/aromatic N) is 2. The van der Waals surface area contributed by atoms with Gasteiger partial charge in [-0.05, 0) is 35.9 Å².